The summed E-state index contributed by atoms with van der Waals surface area (Å²) in [6.45, 7) is 2.01. The van der Waals surface area contributed by atoms with Crippen LogP contribution in [0.1, 0.15) is 11.1 Å². The van der Waals surface area contributed by atoms with Crippen LogP contribution in [0.2, 0.25) is 0 Å². The quantitative estimate of drug-likeness (QED) is 0.714. The summed E-state index contributed by atoms with van der Waals surface area (Å²) < 4.78 is 5.21. The van der Waals surface area contributed by atoms with E-state index in [1.807, 2.05) is 19.2 Å². The van der Waals surface area contributed by atoms with E-state index >= 15 is 0 Å². The van der Waals surface area contributed by atoms with E-state index < -0.39 is 0 Å². The highest BCUT2D eigenvalue weighted by molar-refractivity contribution is 7.98. The van der Waals surface area contributed by atoms with Gasteiger partial charge in [0.05, 0.1) is 19.6 Å². The van der Waals surface area contributed by atoms with Crippen molar-refractivity contribution in [2.45, 2.75) is 18.2 Å². The maximum absolute atomic E-state index is 8.67. The molecule has 0 unspecified atom stereocenters. The third-order valence-electron chi connectivity index (χ3n) is 2.07. The zero-order chi connectivity index (χ0) is 10.6. The van der Waals surface area contributed by atoms with Crippen molar-refractivity contribution >= 4 is 11.8 Å². The van der Waals surface area contributed by atoms with Gasteiger partial charge in [-0.15, -0.1) is 11.8 Å². The fourth-order valence-corrected chi connectivity index (χ4v) is 2.02. The first-order valence-corrected chi connectivity index (χ1v) is 5.53. The van der Waals surface area contributed by atoms with E-state index in [4.69, 9.17) is 10.00 Å². The maximum Gasteiger partial charge on any atom is 0.122 e. The summed E-state index contributed by atoms with van der Waals surface area (Å²) in [5, 5.41) is 8.67. The summed E-state index contributed by atoms with van der Waals surface area (Å²) in [6.07, 6.45) is 2.45. The van der Waals surface area contributed by atoms with Crippen molar-refractivity contribution < 1.29 is 4.74 Å². The van der Waals surface area contributed by atoms with Crippen molar-refractivity contribution in [3.05, 3.63) is 23.3 Å². The number of aryl methyl sites for hydroxylation is 1. The molecule has 0 aliphatic heterocycles. The van der Waals surface area contributed by atoms with Crippen LogP contribution in [-0.2, 0) is 6.42 Å². The van der Waals surface area contributed by atoms with Crippen molar-refractivity contribution in [2.75, 3.05) is 13.4 Å². The second kappa shape index (κ2) is 4.92. The number of ether oxygens (including phenoxy) is 1. The van der Waals surface area contributed by atoms with Crippen LogP contribution in [0.4, 0.5) is 0 Å². The Morgan fingerprint density at radius 2 is 2.21 bits per heavy atom. The van der Waals surface area contributed by atoms with Gasteiger partial charge in [-0.1, -0.05) is 0 Å². The van der Waals surface area contributed by atoms with Crippen molar-refractivity contribution in [3.63, 3.8) is 0 Å². The van der Waals surface area contributed by atoms with Gasteiger partial charge in [-0.05, 0) is 36.4 Å². The van der Waals surface area contributed by atoms with Crippen molar-refractivity contribution in [3.8, 4) is 11.8 Å². The molecular weight excluding hydrogens is 194 g/mol. The molecule has 0 fully saturated rings. The lowest BCUT2D eigenvalue weighted by molar-refractivity contribution is 0.411. The lowest BCUT2D eigenvalue weighted by Gasteiger charge is -2.10. The average molecular weight is 207 g/mol. The Bertz CT molecular complexity index is 368. The molecule has 0 heterocycles. The molecule has 14 heavy (non-hydrogen) atoms. The number of hydrogen-bond donors (Lipinski definition) is 0. The molecule has 0 amide bonds. The number of methoxy groups -OCH3 is 1. The molecule has 0 saturated heterocycles. The third kappa shape index (κ3) is 2.21. The minimum Gasteiger partial charge on any atom is -0.496 e. The molecule has 0 aliphatic carbocycles. The predicted molar refractivity (Wildman–Crippen MR) is 58.8 cm³/mol. The maximum atomic E-state index is 8.67. The minimum atomic E-state index is 0.437. The van der Waals surface area contributed by atoms with Gasteiger partial charge in [0.25, 0.3) is 0 Å². The fourth-order valence-electron chi connectivity index (χ4n) is 1.34. The van der Waals surface area contributed by atoms with Gasteiger partial charge in [-0.2, -0.15) is 5.26 Å². The Kier molecular flexibility index (Phi) is 3.84. The minimum absolute atomic E-state index is 0.437. The Hall–Kier alpha value is -1.14. The largest absolute Gasteiger partial charge is 0.496 e. The Balaban J connectivity index is 3.19. The molecule has 0 saturated carbocycles. The molecule has 1 aromatic rings. The van der Waals surface area contributed by atoms with E-state index in [2.05, 4.69) is 12.1 Å². The monoisotopic (exact) mass is 207 g/mol. The molecule has 1 aromatic carbocycles. The lowest BCUT2D eigenvalue weighted by atomic mass is 10.1. The summed E-state index contributed by atoms with van der Waals surface area (Å²) in [5.74, 6) is 0.855. The van der Waals surface area contributed by atoms with Gasteiger partial charge in [-0.25, -0.2) is 0 Å². The first-order valence-electron chi connectivity index (χ1n) is 4.31. The number of rotatable bonds is 3. The summed E-state index contributed by atoms with van der Waals surface area (Å²) >= 11 is 1.66. The van der Waals surface area contributed by atoms with Gasteiger partial charge in [0.1, 0.15) is 5.75 Å². The number of nitriles is 1. The van der Waals surface area contributed by atoms with Crippen molar-refractivity contribution in [1.82, 2.24) is 0 Å². The Morgan fingerprint density at radius 3 is 2.71 bits per heavy atom. The summed E-state index contributed by atoms with van der Waals surface area (Å²) in [7, 11) is 1.65. The predicted octanol–water partition coefficient (Wildman–Crippen LogP) is 2.79. The van der Waals surface area contributed by atoms with Crippen molar-refractivity contribution in [1.29, 1.82) is 5.26 Å². The summed E-state index contributed by atoms with van der Waals surface area (Å²) in [6, 6.07) is 6.18. The highest BCUT2D eigenvalue weighted by atomic mass is 32.2. The number of benzene rings is 1. The second-order valence-corrected chi connectivity index (χ2v) is 3.82. The van der Waals surface area contributed by atoms with Crippen LogP contribution in [0.3, 0.4) is 0 Å². The van der Waals surface area contributed by atoms with Gasteiger partial charge in [0, 0.05) is 4.90 Å². The normalized spacial score (nSPS) is 9.57. The average Bonchev–Trinajstić information content (AvgIpc) is 2.20. The van der Waals surface area contributed by atoms with E-state index in [0.717, 1.165) is 21.8 Å². The van der Waals surface area contributed by atoms with Crippen LogP contribution in [0.15, 0.2) is 17.0 Å². The van der Waals surface area contributed by atoms with Crippen LogP contribution in [0.5, 0.6) is 5.75 Å². The molecule has 0 N–H and O–H groups in total. The summed E-state index contributed by atoms with van der Waals surface area (Å²) in [4.78, 5) is 1.16. The standard InChI is InChI=1S/C11H13NOS/c1-8-6-11(14-3)9(4-5-12)7-10(8)13-2/h6-7H,4H2,1-3H3. The van der Waals surface area contributed by atoms with E-state index in [-0.39, 0.29) is 0 Å². The van der Waals surface area contributed by atoms with Crippen molar-refractivity contribution in [2.24, 2.45) is 0 Å². The van der Waals surface area contributed by atoms with E-state index in [0.29, 0.717) is 6.42 Å². The van der Waals surface area contributed by atoms with E-state index in [9.17, 15) is 0 Å². The molecule has 1 rings (SSSR count). The molecule has 2 nitrogen and oxygen atoms in total. The Labute approximate surface area is 88.9 Å². The number of hydrogen-bond acceptors (Lipinski definition) is 3. The smallest absolute Gasteiger partial charge is 0.122 e. The van der Waals surface area contributed by atoms with Crippen LogP contribution in [-0.4, -0.2) is 13.4 Å². The Morgan fingerprint density at radius 1 is 1.50 bits per heavy atom. The zero-order valence-corrected chi connectivity index (χ0v) is 9.44. The van der Waals surface area contributed by atoms with Gasteiger partial charge in [0.2, 0.25) is 0 Å². The SMILES string of the molecule is COc1cc(CC#N)c(SC)cc1C. The van der Waals surface area contributed by atoms with Gasteiger partial charge in [0.15, 0.2) is 0 Å². The molecule has 0 aliphatic rings. The van der Waals surface area contributed by atoms with Gasteiger partial charge >= 0.3 is 0 Å². The molecule has 74 valence electrons. The molecule has 0 aromatic heterocycles. The van der Waals surface area contributed by atoms with Gasteiger partial charge in [-0.3, -0.25) is 0 Å². The molecule has 3 heteroatoms. The van der Waals surface area contributed by atoms with Gasteiger partial charge < -0.3 is 4.74 Å². The third-order valence-corrected chi connectivity index (χ3v) is 2.89. The zero-order valence-electron chi connectivity index (χ0n) is 8.63. The fraction of sp³-hybridized carbons (Fsp3) is 0.364. The van der Waals surface area contributed by atoms with E-state index in [1.54, 1.807) is 18.9 Å². The van der Waals surface area contributed by atoms with Crippen LogP contribution >= 0.6 is 11.8 Å². The summed E-state index contributed by atoms with van der Waals surface area (Å²) in [5.41, 5.74) is 2.15. The number of nitrogens with zero attached hydrogens (tertiary/aromatic N) is 1. The highest BCUT2D eigenvalue weighted by Crippen LogP contribution is 2.28. The lowest BCUT2D eigenvalue weighted by Crippen LogP contribution is -1.93. The van der Waals surface area contributed by atoms with Crippen LogP contribution in [0.25, 0.3) is 0 Å². The molecular formula is C11H13NOS. The van der Waals surface area contributed by atoms with Crippen LogP contribution < -0.4 is 4.74 Å². The molecule has 0 spiro atoms. The first-order chi connectivity index (χ1) is 6.72. The van der Waals surface area contributed by atoms with Crippen LogP contribution in [0, 0.1) is 18.3 Å². The topological polar surface area (TPSA) is 33.0 Å². The van der Waals surface area contributed by atoms with E-state index in [1.165, 1.54) is 0 Å². The first kappa shape index (κ1) is 10.9. The molecule has 0 bridgehead atoms. The molecule has 0 atom stereocenters. The number of thioether (sulfide) groups is 1. The second-order valence-electron chi connectivity index (χ2n) is 2.97. The highest BCUT2D eigenvalue weighted by Gasteiger charge is 2.06. The molecule has 0 radical (unpaired) electrons.